The molecule has 0 heterocycles. The van der Waals surface area contributed by atoms with Gasteiger partial charge in [-0.25, -0.2) is 0 Å². The van der Waals surface area contributed by atoms with Crippen molar-refractivity contribution >= 4 is 17.6 Å². The highest BCUT2D eigenvalue weighted by Crippen LogP contribution is 2.12. The zero-order valence-electron chi connectivity index (χ0n) is 14.4. The van der Waals surface area contributed by atoms with Crippen LogP contribution in [0.1, 0.15) is 27.6 Å². The Labute approximate surface area is 152 Å². The molecule has 26 heavy (non-hydrogen) atoms. The minimum atomic E-state index is -1.02. The van der Waals surface area contributed by atoms with Gasteiger partial charge < -0.3 is 16.4 Å². The largest absolute Gasteiger partial charge is 0.336 e. The third kappa shape index (κ3) is 4.87. The summed E-state index contributed by atoms with van der Waals surface area (Å²) >= 11 is 0. The molecule has 0 aliphatic rings. The molecule has 2 amide bonds. The normalized spacial score (nSPS) is 12.5. The first-order valence-corrected chi connectivity index (χ1v) is 8.07. The maximum atomic E-state index is 12.2. The van der Waals surface area contributed by atoms with Crippen molar-refractivity contribution in [2.24, 2.45) is 11.7 Å². The fourth-order valence-electron chi connectivity index (χ4n) is 2.51. The summed E-state index contributed by atoms with van der Waals surface area (Å²) < 4.78 is 0. The number of hydrogen-bond donors (Lipinski definition) is 3. The van der Waals surface area contributed by atoms with Crippen LogP contribution >= 0.6 is 0 Å². The predicted molar refractivity (Wildman–Crippen MR) is 99.1 cm³/mol. The van der Waals surface area contributed by atoms with Gasteiger partial charge in [0.1, 0.15) is 5.78 Å². The van der Waals surface area contributed by atoms with Crippen molar-refractivity contribution in [3.63, 3.8) is 0 Å². The van der Waals surface area contributed by atoms with Crippen LogP contribution in [0.5, 0.6) is 0 Å². The van der Waals surface area contributed by atoms with Crippen LogP contribution in [0.25, 0.3) is 0 Å². The van der Waals surface area contributed by atoms with E-state index in [0.29, 0.717) is 11.1 Å². The first-order chi connectivity index (χ1) is 12.4. The van der Waals surface area contributed by atoms with Gasteiger partial charge in [-0.05, 0) is 31.2 Å². The summed E-state index contributed by atoms with van der Waals surface area (Å²) in [6.45, 7) is 5.09. The number of benzene rings is 2. The summed E-state index contributed by atoms with van der Waals surface area (Å²) in [4.78, 5) is 36.5. The second kappa shape index (κ2) is 8.73. The Morgan fingerprint density at radius 3 is 1.81 bits per heavy atom. The second-order valence-electron chi connectivity index (χ2n) is 5.80. The summed E-state index contributed by atoms with van der Waals surface area (Å²) in [6, 6.07) is 17.0. The lowest BCUT2D eigenvalue weighted by atomic mass is 9.97. The number of rotatable bonds is 7. The van der Waals surface area contributed by atoms with Crippen molar-refractivity contribution in [2.75, 3.05) is 0 Å². The standard InChI is InChI=1S/C20H21N3O3/c1-13(22-19(25)15-9-5-3-6-10-15)17(14(2)24)18(21)23-20(26)16-11-7-4-8-12-16/h3-12,17-18H,1,21H2,2H3,(H,22,25)(H,23,26). The summed E-state index contributed by atoms with van der Waals surface area (Å²) in [5.74, 6) is -2.07. The van der Waals surface area contributed by atoms with E-state index in [1.165, 1.54) is 6.92 Å². The van der Waals surface area contributed by atoms with Gasteiger partial charge in [-0.1, -0.05) is 43.0 Å². The first-order valence-electron chi connectivity index (χ1n) is 8.07. The summed E-state index contributed by atoms with van der Waals surface area (Å²) in [7, 11) is 0. The minimum absolute atomic E-state index is 0.132. The number of carbonyl (C=O) groups is 3. The minimum Gasteiger partial charge on any atom is -0.336 e. The molecule has 2 atom stereocenters. The summed E-state index contributed by atoms with van der Waals surface area (Å²) in [5, 5.41) is 5.16. The van der Waals surface area contributed by atoms with Crippen LogP contribution in [-0.2, 0) is 4.79 Å². The van der Waals surface area contributed by atoms with Gasteiger partial charge in [0.2, 0.25) is 0 Å². The molecule has 2 aromatic rings. The van der Waals surface area contributed by atoms with Crippen LogP contribution in [-0.4, -0.2) is 23.8 Å². The van der Waals surface area contributed by atoms with E-state index in [1.807, 2.05) is 0 Å². The highest BCUT2D eigenvalue weighted by atomic mass is 16.2. The van der Waals surface area contributed by atoms with Crippen molar-refractivity contribution in [1.82, 2.24) is 10.6 Å². The molecule has 0 spiro atoms. The highest BCUT2D eigenvalue weighted by Gasteiger charge is 2.28. The molecular formula is C20H21N3O3. The number of carbonyl (C=O) groups excluding carboxylic acids is 3. The number of ketones is 1. The van der Waals surface area contributed by atoms with Crippen molar-refractivity contribution in [3.05, 3.63) is 84.1 Å². The molecule has 0 saturated heterocycles. The van der Waals surface area contributed by atoms with Gasteiger partial charge in [0.25, 0.3) is 11.8 Å². The molecule has 0 radical (unpaired) electrons. The molecule has 0 aliphatic heterocycles. The molecule has 0 aromatic heterocycles. The third-order valence-corrected chi connectivity index (χ3v) is 3.82. The molecule has 2 rings (SSSR count). The fourth-order valence-corrected chi connectivity index (χ4v) is 2.51. The molecule has 0 fully saturated rings. The molecule has 2 unspecified atom stereocenters. The highest BCUT2D eigenvalue weighted by molar-refractivity contribution is 5.97. The van der Waals surface area contributed by atoms with Gasteiger partial charge in [0.05, 0.1) is 12.1 Å². The molecule has 0 aliphatic carbocycles. The molecule has 6 nitrogen and oxygen atoms in total. The van der Waals surface area contributed by atoms with E-state index in [0.717, 1.165) is 0 Å². The molecule has 0 bridgehead atoms. The Morgan fingerprint density at radius 1 is 0.885 bits per heavy atom. The Kier molecular flexibility index (Phi) is 6.41. The lowest BCUT2D eigenvalue weighted by Crippen LogP contribution is -2.51. The molecule has 6 heteroatoms. The Bertz CT molecular complexity index is 804. The van der Waals surface area contributed by atoms with Gasteiger partial charge in [-0.2, -0.15) is 0 Å². The smallest absolute Gasteiger partial charge is 0.255 e. The van der Waals surface area contributed by atoms with Gasteiger partial charge >= 0.3 is 0 Å². The maximum Gasteiger partial charge on any atom is 0.255 e. The molecule has 4 N–H and O–H groups in total. The van der Waals surface area contributed by atoms with Crippen molar-refractivity contribution < 1.29 is 14.4 Å². The third-order valence-electron chi connectivity index (χ3n) is 3.82. The van der Waals surface area contributed by atoms with Crippen LogP contribution in [0, 0.1) is 5.92 Å². The molecular weight excluding hydrogens is 330 g/mol. The van der Waals surface area contributed by atoms with E-state index < -0.39 is 23.9 Å². The zero-order valence-corrected chi connectivity index (χ0v) is 14.4. The van der Waals surface area contributed by atoms with Crippen molar-refractivity contribution in [2.45, 2.75) is 13.1 Å². The Hall–Kier alpha value is -3.25. The maximum absolute atomic E-state index is 12.2. The van der Waals surface area contributed by atoms with E-state index >= 15 is 0 Å². The zero-order chi connectivity index (χ0) is 19.1. The van der Waals surface area contributed by atoms with E-state index in [4.69, 9.17) is 5.73 Å². The SMILES string of the molecule is C=C(NC(=O)c1ccccc1)C(C(C)=O)C(N)NC(=O)c1ccccc1. The van der Waals surface area contributed by atoms with E-state index in [2.05, 4.69) is 17.2 Å². The molecule has 134 valence electrons. The number of Topliss-reactive ketones (excluding diaryl/α,β-unsaturated/α-hetero) is 1. The van der Waals surface area contributed by atoms with Crippen LogP contribution in [0.4, 0.5) is 0 Å². The monoisotopic (exact) mass is 351 g/mol. The van der Waals surface area contributed by atoms with Crippen LogP contribution in [0.3, 0.4) is 0 Å². The molecule has 2 aromatic carbocycles. The van der Waals surface area contributed by atoms with Crippen LogP contribution in [0.2, 0.25) is 0 Å². The summed E-state index contributed by atoms with van der Waals surface area (Å²) in [6.07, 6.45) is -1.02. The summed E-state index contributed by atoms with van der Waals surface area (Å²) in [5.41, 5.74) is 6.99. The van der Waals surface area contributed by atoms with Gasteiger partial charge in [-0.3, -0.25) is 14.4 Å². The van der Waals surface area contributed by atoms with Gasteiger partial charge in [0.15, 0.2) is 0 Å². The lowest BCUT2D eigenvalue weighted by molar-refractivity contribution is -0.120. The van der Waals surface area contributed by atoms with Crippen molar-refractivity contribution in [1.29, 1.82) is 0 Å². The second-order valence-corrected chi connectivity index (χ2v) is 5.80. The van der Waals surface area contributed by atoms with Crippen molar-refractivity contribution in [3.8, 4) is 0 Å². The Morgan fingerprint density at radius 2 is 1.35 bits per heavy atom. The first kappa shape index (κ1) is 19.1. The topological polar surface area (TPSA) is 101 Å². The average molecular weight is 351 g/mol. The van der Waals surface area contributed by atoms with Crippen LogP contribution in [0.15, 0.2) is 72.9 Å². The van der Waals surface area contributed by atoms with Gasteiger partial charge in [0, 0.05) is 16.8 Å². The molecule has 0 saturated carbocycles. The Balaban J connectivity index is 2.07. The number of nitrogens with two attached hydrogens (primary N) is 1. The van der Waals surface area contributed by atoms with Gasteiger partial charge in [-0.15, -0.1) is 0 Å². The van der Waals surface area contributed by atoms with E-state index in [-0.39, 0.29) is 11.5 Å². The quantitative estimate of drug-likeness (QED) is 0.663. The number of nitrogens with one attached hydrogen (secondary N) is 2. The van der Waals surface area contributed by atoms with E-state index in [9.17, 15) is 14.4 Å². The van der Waals surface area contributed by atoms with Crippen LogP contribution < -0.4 is 16.4 Å². The fraction of sp³-hybridized carbons (Fsp3) is 0.150. The number of amides is 2. The van der Waals surface area contributed by atoms with E-state index in [1.54, 1.807) is 60.7 Å². The lowest BCUT2D eigenvalue weighted by Gasteiger charge is -2.25. The predicted octanol–water partition coefficient (Wildman–Crippen LogP) is 1.85. The average Bonchev–Trinajstić information content (AvgIpc) is 2.62. The number of hydrogen-bond acceptors (Lipinski definition) is 4.